The van der Waals surface area contributed by atoms with Crippen LogP contribution in [0.1, 0.15) is 10.6 Å². The number of para-hydroxylation sites is 1. The van der Waals surface area contributed by atoms with Crippen LogP contribution >= 0.6 is 46.8 Å². The normalized spacial score (nSPS) is 10.9. The highest BCUT2D eigenvalue weighted by Crippen LogP contribution is 2.39. The summed E-state index contributed by atoms with van der Waals surface area (Å²) in [6.07, 6.45) is 0. The number of anilines is 1. The van der Waals surface area contributed by atoms with Gasteiger partial charge in [-0.2, -0.15) is 0 Å². The van der Waals surface area contributed by atoms with E-state index in [1.54, 1.807) is 24.3 Å². The highest BCUT2D eigenvalue weighted by Gasteiger charge is 2.18. The lowest BCUT2D eigenvalue weighted by Gasteiger charge is -2.12. The minimum Gasteiger partial charge on any atom is -0.451 e. The van der Waals surface area contributed by atoms with Crippen molar-refractivity contribution in [3.8, 4) is 21.9 Å². The largest absolute Gasteiger partial charge is 0.451 e. The van der Waals surface area contributed by atoms with E-state index >= 15 is 0 Å². The fourth-order valence-electron chi connectivity index (χ4n) is 3.50. The summed E-state index contributed by atoms with van der Waals surface area (Å²) >= 11 is 19.6. The lowest BCUT2D eigenvalue weighted by Crippen LogP contribution is -2.34. The Hall–Kier alpha value is -3.83. The van der Waals surface area contributed by atoms with Crippen molar-refractivity contribution < 1.29 is 14.1 Å². The van der Waals surface area contributed by atoms with Crippen LogP contribution in [0.5, 0.6) is 0 Å². The molecule has 0 saturated carbocycles. The lowest BCUT2D eigenvalue weighted by molar-refractivity contribution is -0.384. The summed E-state index contributed by atoms with van der Waals surface area (Å²) < 4.78 is 6.61. The molecule has 1 amide bonds. The first-order chi connectivity index (χ1) is 17.8. The molecular formula is C25H14Cl2N4O4S2. The SMILES string of the molecule is O=C(NC(=S)Nc1cc(-c2nc3ccccc3s2)c(Cl)cc1Cl)c1ccc(-c2cccc([N+](=O)[O-])c2)o1. The Kier molecular flexibility index (Phi) is 6.90. The summed E-state index contributed by atoms with van der Waals surface area (Å²) in [6, 6.07) is 19.9. The first-order valence-electron chi connectivity index (χ1n) is 10.6. The first kappa shape index (κ1) is 24.8. The standard InChI is InChI=1S/C25H14Cl2N4O4S2/c26-16-12-17(27)19(11-15(16)24-28-18-6-1-2-7-22(18)37-24)29-25(36)30-23(32)21-9-8-20(35-21)13-4-3-5-14(10-13)31(33)34/h1-12H,(H2,29,30,32,36). The third-order valence-electron chi connectivity index (χ3n) is 5.23. The zero-order valence-corrected chi connectivity index (χ0v) is 21.7. The zero-order chi connectivity index (χ0) is 26.1. The number of nitrogens with zero attached hydrogens (tertiary/aromatic N) is 2. The van der Waals surface area contributed by atoms with Crippen molar-refractivity contribution in [1.29, 1.82) is 0 Å². The molecule has 0 radical (unpaired) electrons. The van der Waals surface area contributed by atoms with Crippen molar-refractivity contribution in [3.05, 3.63) is 98.7 Å². The van der Waals surface area contributed by atoms with Gasteiger partial charge in [-0.15, -0.1) is 11.3 Å². The average Bonchev–Trinajstić information content (AvgIpc) is 3.53. The zero-order valence-electron chi connectivity index (χ0n) is 18.5. The summed E-state index contributed by atoms with van der Waals surface area (Å²) in [7, 11) is 0. The number of nitrogens with one attached hydrogen (secondary N) is 2. The maximum absolute atomic E-state index is 12.7. The number of carbonyl (C=O) groups is 1. The second-order valence-electron chi connectivity index (χ2n) is 7.68. The number of thiocarbonyl (C=S) groups is 1. The quantitative estimate of drug-likeness (QED) is 0.128. The van der Waals surface area contributed by atoms with Crippen LogP contribution in [0.2, 0.25) is 10.0 Å². The molecule has 184 valence electrons. The highest BCUT2D eigenvalue weighted by atomic mass is 35.5. The maximum atomic E-state index is 12.7. The number of benzene rings is 3. The van der Waals surface area contributed by atoms with Crippen molar-refractivity contribution in [2.45, 2.75) is 0 Å². The van der Waals surface area contributed by atoms with Crippen molar-refractivity contribution in [2.24, 2.45) is 0 Å². The molecule has 2 aromatic heterocycles. The first-order valence-corrected chi connectivity index (χ1v) is 12.6. The van der Waals surface area contributed by atoms with E-state index in [1.165, 1.54) is 35.6 Å². The summed E-state index contributed by atoms with van der Waals surface area (Å²) in [5.74, 6) is -0.331. The second kappa shape index (κ2) is 10.3. The number of aromatic nitrogens is 1. The molecule has 5 rings (SSSR count). The molecular weight excluding hydrogens is 555 g/mol. The van der Waals surface area contributed by atoms with E-state index in [0.717, 1.165) is 10.2 Å². The summed E-state index contributed by atoms with van der Waals surface area (Å²) in [5, 5.41) is 17.9. The van der Waals surface area contributed by atoms with Crippen molar-refractivity contribution >= 4 is 79.4 Å². The molecule has 0 aliphatic carbocycles. The van der Waals surface area contributed by atoms with Crippen LogP contribution in [0, 0.1) is 10.1 Å². The van der Waals surface area contributed by atoms with Crippen LogP contribution in [0.25, 0.3) is 32.1 Å². The number of non-ortho nitro benzene ring substituents is 1. The van der Waals surface area contributed by atoms with Gasteiger partial charge in [0.05, 0.1) is 30.9 Å². The van der Waals surface area contributed by atoms with Gasteiger partial charge in [-0.3, -0.25) is 20.2 Å². The number of rotatable bonds is 5. The van der Waals surface area contributed by atoms with Crippen molar-refractivity contribution in [1.82, 2.24) is 10.3 Å². The molecule has 0 spiro atoms. The van der Waals surface area contributed by atoms with Gasteiger partial charge in [0.2, 0.25) is 0 Å². The molecule has 0 atom stereocenters. The summed E-state index contributed by atoms with van der Waals surface area (Å²) in [4.78, 5) is 27.8. The van der Waals surface area contributed by atoms with Gasteiger partial charge >= 0.3 is 0 Å². The molecule has 0 saturated heterocycles. The molecule has 0 aliphatic rings. The van der Waals surface area contributed by atoms with Gasteiger partial charge < -0.3 is 9.73 Å². The number of thiazole rings is 1. The van der Waals surface area contributed by atoms with Gasteiger partial charge in [0.1, 0.15) is 10.8 Å². The Labute approximate surface area is 229 Å². The molecule has 5 aromatic rings. The van der Waals surface area contributed by atoms with Gasteiger partial charge in [-0.25, -0.2) is 4.98 Å². The Morgan fingerprint density at radius 1 is 1.03 bits per heavy atom. The Morgan fingerprint density at radius 2 is 1.84 bits per heavy atom. The molecule has 3 aromatic carbocycles. The van der Waals surface area contributed by atoms with Crippen LogP contribution in [-0.4, -0.2) is 20.9 Å². The number of amides is 1. The van der Waals surface area contributed by atoms with Gasteiger partial charge in [-0.05, 0) is 48.6 Å². The van der Waals surface area contributed by atoms with Gasteiger partial charge in [0, 0.05) is 23.3 Å². The molecule has 2 heterocycles. The molecule has 37 heavy (non-hydrogen) atoms. The number of hydrogen-bond acceptors (Lipinski definition) is 7. The third kappa shape index (κ3) is 5.32. The minimum atomic E-state index is -0.606. The van der Waals surface area contributed by atoms with E-state index in [4.69, 9.17) is 39.8 Å². The molecule has 12 heteroatoms. The second-order valence-corrected chi connectivity index (χ2v) is 9.93. The Bertz CT molecular complexity index is 1670. The Morgan fingerprint density at radius 3 is 2.62 bits per heavy atom. The van der Waals surface area contributed by atoms with Crippen LogP contribution in [0.15, 0.2) is 77.2 Å². The Balaban J connectivity index is 1.32. The lowest BCUT2D eigenvalue weighted by atomic mass is 10.1. The van der Waals surface area contributed by atoms with Crippen LogP contribution in [0.3, 0.4) is 0 Å². The summed E-state index contributed by atoms with van der Waals surface area (Å²) in [6.45, 7) is 0. The van der Waals surface area contributed by atoms with Gasteiger partial charge in [0.15, 0.2) is 10.9 Å². The fraction of sp³-hybridized carbons (Fsp3) is 0. The minimum absolute atomic E-state index is 0.0160. The van der Waals surface area contributed by atoms with E-state index in [1.807, 2.05) is 24.3 Å². The van der Waals surface area contributed by atoms with Crippen LogP contribution < -0.4 is 10.6 Å². The van der Waals surface area contributed by atoms with Crippen LogP contribution in [-0.2, 0) is 0 Å². The highest BCUT2D eigenvalue weighted by molar-refractivity contribution is 7.80. The van der Waals surface area contributed by atoms with E-state index in [2.05, 4.69) is 15.6 Å². The van der Waals surface area contributed by atoms with Crippen molar-refractivity contribution in [3.63, 3.8) is 0 Å². The number of carbonyl (C=O) groups excluding carboxylic acids is 1. The smallest absolute Gasteiger partial charge is 0.293 e. The van der Waals surface area contributed by atoms with Gasteiger partial charge in [-0.1, -0.05) is 47.5 Å². The van der Waals surface area contributed by atoms with E-state index in [9.17, 15) is 14.9 Å². The van der Waals surface area contributed by atoms with E-state index in [0.29, 0.717) is 37.6 Å². The molecule has 8 nitrogen and oxygen atoms in total. The number of halogens is 2. The maximum Gasteiger partial charge on any atom is 0.293 e. The predicted octanol–water partition coefficient (Wildman–Crippen LogP) is 7.57. The summed E-state index contributed by atoms with van der Waals surface area (Å²) in [5.41, 5.74) is 2.33. The van der Waals surface area contributed by atoms with Crippen LogP contribution in [0.4, 0.5) is 11.4 Å². The average molecular weight is 569 g/mol. The molecule has 2 N–H and O–H groups in total. The molecule has 0 unspecified atom stereocenters. The third-order valence-corrected chi connectivity index (χ3v) is 7.13. The topological polar surface area (TPSA) is 110 Å². The van der Waals surface area contributed by atoms with Gasteiger partial charge in [0.25, 0.3) is 11.6 Å². The number of hydrogen-bond donors (Lipinski definition) is 2. The molecule has 0 bridgehead atoms. The predicted molar refractivity (Wildman–Crippen MR) is 150 cm³/mol. The van der Waals surface area contributed by atoms with E-state index in [-0.39, 0.29) is 16.6 Å². The van der Waals surface area contributed by atoms with Crippen molar-refractivity contribution in [2.75, 3.05) is 5.32 Å². The number of furan rings is 1. The number of fused-ring (bicyclic) bond motifs is 1. The number of nitro benzene ring substituents is 1. The molecule has 0 aliphatic heterocycles. The monoisotopic (exact) mass is 568 g/mol. The fourth-order valence-corrected chi connectivity index (χ4v) is 5.28. The molecule has 0 fully saturated rings. The van der Waals surface area contributed by atoms with E-state index < -0.39 is 10.8 Å². The number of nitro groups is 1.